The normalized spacial score (nSPS) is 17.5. The largest absolute Gasteiger partial charge is 0.465 e. The van der Waals surface area contributed by atoms with Crippen molar-refractivity contribution in [1.29, 1.82) is 0 Å². The van der Waals surface area contributed by atoms with Crippen molar-refractivity contribution in [1.82, 2.24) is 14.8 Å². The number of piperazine rings is 1. The molecule has 2 atom stereocenters. The number of rotatable bonds is 5. The topological polar surface area (TPSA) is 98.1 Å². The van der Waals surface area contributed by atoms with Crippen molar-refractivity contribution >= 4 is 46.8 Å². The predicted molar refractivity (Wildman–Crippen MR) is 170 cm³/mol. The van der Waals surface area contributed by atoms with E-state index >= 15 is 0 Å². The smallest absolute Gasteiger partial charge is 0.407 e. The summed E-state index contributed by atoms with van der Waals surface area (Å²) in [5, 5.41) is 12.8. The lowest BCUT2D eigenvalue weighted by Crippen LogP contribution is -2.59. The Balaban J connectivity index is 1.84. The molecule has 2 N–H and O–H groups in total. The number of benzene rings is 2. The summed E-state index contributed by atoms with van der Waals surface area (Å²) in [5.41, 5.74) is 3.26. The molecule has 1 aliphatic heterocycles. The van der Waals surface area contributed by atoms with Gasteiger partial charge in [-0.1, -0.05) is 81.2 Å². The lowest BCUT2D eigenvalue weighted by Gasteiger charge is -2.44. The van der Waals surface area contributed by atoms with Crippen LogP contribution < -0.4 is 5.32 Å². The molecular formula is C32H36Cl2FN5O3. The number of aromatic nitrogens is 1. The zero-order valence-corrected chi connectivity index (χ0v) is 26.5. The highest BCUT2D eigenvalue weighted by Crippen LogP contribution is 2.35. The summed E-state index contributed by atoms with van der Waals surface area (Å²) in [7, 11) is 0. The summed E-state index contributed by atoms with van der Waals surface area (Å²) in [6, 6.07) is 12.1. The van der Waals surface area contributed by atoms with Gasteiger partial charge in [0.1, 0.15) is 16.8 Å². The number of halogens is 3. The zero-order chi connectivity index (χ0) is 31.6. The fourth-order valence-corrected chi connectivity index (χ4v) is 5.84. The minimum Gasteiger partial charge on any atom is -0.465 e. The van der Waals surface area contributed by atoms with E-state index in [1.54, 1.807) is 25.1 Å². The molecule has 1 aromatic heterocycles. The summed E-state index contributed by atoms with van der Waals surface area (Å²) >= 11 is 13.4. The molecule has 0 unspecified atom stereocenters. The number of amidine groups is 1. The summed E-state index contributed by atoms with van der Waals surface area (Å²) < 4.78 is 14.6. The Kier molecular flexibility index (Phi) is 9.97. The van der Waals surface area contributed by atoms with Crippen molar-refractivity contribution < 1.29 is 19.1 Å². The van der Waals surface area contributed by atoms with Crippen molar-refractivity contribution in [3.05, 3.63) is 81.2 Å². The van der Waals surface area contributed by atoms with E-state index < -0.39 is 24.0 Å². The van der Waals surface area contributed by atoms with Crippen LogP contribution in [0.5, 0.6) is 0 Å². The molecule has 3 aromatic rings. The number of nitrogens with one attached hydrogen (secondary N) is 1. The average Bonchev–Trinajstić information content (AvgIpc) is 2.94. The Morgan fingerprint density at radius 3 is 2.14 bits per heavy atom. The molecule has 2 heterocycles. The van der Waals surface area contributed by atoms with E-state index in [1.807, 2.05) is 30.0 Å². The molecule has 43 heavy (non-hydrogen) atoms. The van der Waals surface area contributed by atoms with Gasteiger partial charge in [0, 0.05) is 36.4 Å². The van der Waals surface area contributed by atoms with E-state index in [-0.39, 0.29) is 63.8 Å². The van der Waals surface area contributed by atoms with Gasteiger partial charge in [0.05, 0.1) is 16.3 Å². The van der Waals surface area contributed by atoms with Gasteiger partial charge in [-0.25, -0.2) is 19.0 Å². The van der Waals surface area contributed by atoms with Crippen molar-refractivity contribution in [2.24, 2.45) is 4.99 Å². The van der Waals surface area contributed by atoms with E-state index in [0.29, 0.717) is 5.69 Å². The number of carboxylic acid groups (broad SMARTS) is 1. The third-order valence-electron chi connectivity index (χ3n) is 7.62. The van der Waals surface area contributed by atoms with Crippen molar-refractivity contribution in [3.8, 4) is 11.3 Å². The van der Waals surface area contributed by atoms with Gasteiger partial charge in [0.25, 0.3) is 0 Å². The Labute approximate surface area is 261 Å². The number of urea groups is 1. The van der Waals surface area contributed by atoms with Gasteiger partial charge in [-0.3, -0.25) is 0 Å². The lowest BCUT2D eigenvalue weighted by molar-refractivity contribution is 0.0750. The maximum absolute atomic E-state index is 14.6. The Morgan fingerprint density at radius 1 is 0.977 bits per heavy atom. The first kappa shape index (κ1) is 32.2. The number of carbonyl (C=O) groups excluding carboxylic acids is 1. The van der Waals surface area contributed by atoms with Gasteiger partial charge >= 0.3 is 12.1 Å². The molecule has 1 saturated heterocycles. The number of amides is 3. The van der Waals surface area contributed by atoms with Crippen LogP contribution >= 0.6 is 23.2 Å². The maximum Gasteiger partial charge on any atom is 0.407 e. The summed E-state index contributed by atoms with van der Waals surface area (Å²) in [6.07, 6.45) is -1.03. The number of hydrogen-bond acceptors (Lipinski definition) is 3. The summed E-state index contributed by atoms with van der Waals surface area (Å²) in [5.74, 6) is -0.0305. The molecule has 0 spiro atoms. The van der Waals surface area contributed by atoms with Crippen LogP contribution in [0.3, 0.4) is 0 Å². The molecule has 8 nitrogen and oxygen atoms in total. The summed E-state index contributed by atoms with van der Waals surface area (Å²) in [6.45, 7) is 12.3. The van der Waals surface area contributed by atoms with Gasteiger partial charge < -0.3 is 20.2 Å². The van der Waals surface area contributed by atoms with Gasteiger partial charge in [-0.2, -0.15) is 4.99 Å². The number of nitrogens with zero attached hydrogens (tertiary/aromatic N) is 4. The van der Waals surface area contributed by atoms with Gasteiger partial charge in [-0.15, -0.1) is 0 Å². The highest BCUT2D eigenvalue weighted by molar-refractivity contribution is 6.36. The first-order valence-electron chi connectivity index (χ1n) is 14.2. The first-order valence-corrected chi connectivity index (χ1v) is 15.0. The van der Waals surface area contributed by atoms with Gasteiger partial charge in [-0.05, 0) is 55.0 Å². The molecule has 0 bridgehead atoms. The Morgan fingerprint density at radius 2 is 1.56 bits per heavy atom. The quantitative estimate of drug-likeness (QED) is 0.168. The molecule has 0 radical (unpaired) electrons. The minimum atomic E-state index is -1.03. The van der Waals surface area contributed by atoms with E-state index in [2.05, 4.69) is 43.0 Å². The second kappa shape index (κ2) is 13.3. The number of para-hydroxylation sites is 1. The van der Waals surface area contributed by atoms with Crippen molar-refractivity contribution in [3.63, 3.8) is 0 Å². The molecule has 3 amide bonds. The zero-order valence-electron chi connectivity index (χ0n) is 25.0. The second-order valence-corrected chi connectivity index (χ2v) is 12.2. The third-order valence-corrected chi connectivity index (χ3v) is 8.19. The van der Waals surface area contributed by atoms with E-state index in [0.717, 1.165) is 11.1 Å². The van der Waals surface area contributed by atoms with E-state index in [4.69, 9.17) is 23.2 Å². The van der Waals surface area contributed by atoms with Crippen molar-refractivity contribution in [2.75, 3.05) is 18.4 Å². The average molecular weight is 629 g/mol. The van der Waals surface area contributed by atoms with Crippen LogP contribution in [0.2, 0.25) is 10.2 Å². The SMILES string of the molecule is CC(C)c1cccc(C(C)C)c1NC(=O)/N=C(\c1cc(Cl)c(-c2ccccc2F)nc1Cl)N1C[C@@H](C)N(C(=O)O)C[C@@H]1C. The molecule has 2 aromatic carbocycles. The van der Waals surface area contributed by atoms with Gasteiger partial charge in [0.15, 0.2) is 0 Å². The highest BCUT2D eigenvalue weighted by atomic mass is 35.5. The number of anilines is 1. The Hall–Kier alpha value is -3.69. The number of aliphatic imine (C=N–C) groups is 1. The third kappa shape index (κ3) is 6.94. The van der Waals surface area contributed by atoms with Crippen LogP contribution in [0.15, 0.2) is 53.5 Å². The van der Waals surface area contributed by atoms with Crippen LogP contribution in [-0.2, 0) is 0 Å². The van der Waals surface area contributed by atoms with Crippen LogP contribution in [-0.4, -0.2) is 63.0 Å². The van der Waals surface area contributed by atoms with E-state index in [1.165, 1.54) is 17.0 Å². The number of pyridine rings is 1. The van der Waals surface area contributed by atoms with Crippen molar-refractivity contribution in [2.45, 2.75) is 65.5 Å². The molecule has 1 fully saturated rings. The fourth-order valence-electron chi connectivity index (χ4n) is 5.36. The molecule has 228 valence electrons. The van der Waals surface area contributed by atoms with Crippen LogP contribution in [0.25, 0.3) is 11.3 Å². The monoisotopic (exact) mass is 627 g/mol. The highest BCUT2D eigenvalue weighted by Gasteiger charge is 2.35. The van der Waals surface area contributed by atoms with Crippen LogP contribution in [0.4, 0.5) is 19.7 Å². The van der Waals surface area contributed by atoms with Crippen LogP contribution in [0, 0.1) is 5.82 Å². The predicted octanol–water partition coefficient (Wildman–Crippen LogP) is 8.49. The molecule has 0 saturated carbocycles. The van der Waals surface area contributed by atoms with Gasteiger partial charge in [0.2, 0.25) is 0 Å². The molecule has 1 aliphatic rings. The Bertz CT molecular complexity index is 1540. The second-order valence-electron chi connectivity index (χ2n) is 11.4. The standard InChI is InChI=1S/C32H36Cl2FN5O3/c1-17(2)21-11-9-12-22(18(3)4)27(21)37-31(41)38-30(39-15-20(6)40(32(42)43)16-19(39)5)24-14-25(33)28(36-29(24)34)23-10-7-8-13-26(23)35/h7-14,17-20H,15-16H2,1-6H3,(H,37,41)(H,42,43)/b38-30+/t19-,20+/m0/s1. The molecular weight excluding hydrogens is 592 g/mol. The van der Waals surface area contributed by atoms with E-state index in [9.17, 15) is 19.1 Å². The molecule has 0 aliphatic carbocycles. The minimum absolute atomic E-state index is 0.0276. The number of carbonyl (C=O) groups is 2. The number of hydrogen-bond donors (Lipinski definition) is 2. The first-order chi connectivity index (χ1) is 20.3. The lowest BCUT2D eigenvalue weighted by atomic mass is 9.93. The molecule has 4 rings (SSSR count). The molecule has 11 heteroatoms. The fraction of sp³-hybridized carbons (Fsp3) is 0.375. The summed E-state index contributed by atoms with van der Waals surface area (Å²) in [4.78, 5) is 37.7. The maximum atomic E-state index is 14.6. The van der Waals surface area contributed by atoms with Crippen LogP contribution in [0.1, 0.15) is 70.1 Å².